The van der Waals surface area contributed by atoms with Crippen LogP contribution in [0.3, 0.4) is 0 Å². The lowest BCUT2D eigenvalue weighted by Crippen LogP contribution is -2.40. The summed E-state index contributed by atoms with van der Waals surface area (Å²) in [5.41, 5.74) is 0.0591. The van der Waals surface area contributed by atoms with Gasteiger partial charge in [0.25, 0.3) is 0 Å². The molecule has 6 nitrogen and oxygen atoms in total. The van der Waals surface area contributed by atoms with Gasteiger partial charge in [-0.2, -0.15) is 0 Å². The van der Waals surface area contributed by atoms with Crippen LogP contribution in [0.25, 0.3) is 0 Å². The van der Waals surface area contributed by atoms with Crippen molar-refractivity contribution in [2.75, 3.05) is 20.2 Å². The quantitative estimate of drug-likeness (QED) is 0.555. The molecule has 1 aliphatic heterocycles. The van der Waals surface area contributed by atoms with Gasteiger partial charge < -0.3 is 25.0 Å². The SMILES string of the molecule is COc1ccc(C(=O)/C=C/N2CCC(O)(c3ccc(O)cc3)CC2)c(O)c1. The molecule has 1 aliphatic rings. The number of methoxy groups -OCH3 is 1. The average molecular weight is 369 g/mol. The highest BCUT2D eigenvalue weighted by atomic mass is 16.5. The van der Waals surface area contributed by atoms with E-state index in [1.54, 1.807) is 36.5 Å². The number of nitrogens with zero attached hydrogens (tertiary/aromatic N) is 1. The van der Waals surface area contributed by atoms with Crippen molar-refractivity contribution in [1.29, 1.82) is 0 Å². The molecule has 0 unspecified atom stereocenters. The average Bonchev–Trinajstić information content (AvgIpc) is 2.67. The highest BCUT2D eigenvalue weighted by Crippen LogP contribution is 2.33. The van der Waals surface area contributed by atoms with Gasteiger partial charge in [-0.05, 0) is 42.7 Å². The molecule has 27 heavy (non-hydrogen) atoms. The predicted molar refractivity (Wildman–Crippen MR) is 101 cm³/mol. The van der Waals surface area contributed by atoms with Gasteiger partial charge in [0.2, 0.25) is 0 Å². The molecule has 0 amide bonds. The molecule has 0 aromatic heterocycles. The van der Waals surface area contributed by atoms with E-state index in [1.165, 1.54) is 25.3 Å². The Morgan fingerprint density at radius 2 is 1.78 bits per heavy atom. The second-order valence-electron chi connectivity index (χ2n) is 6.68. The van der Waals surface area contributed by atoms with E-state index in [9.17, 15) is 20.1 Å². The molecular formula is C21H23NO5. The first-order chi connectivity index (χ1) is 12.9. The zero-order valence-electron chi connectivity index (χ0n) is 15.1. The van der Waals surface area contributed by atoms with Crippen molar-refractivity contribution < 1.29 is 24.9 Å². The molecule has 3 rings (SSSR count). The zero-order valence-corrected chi connectivity index (χ0v) is 15.1. The van der Waals surface area contributed by atoms with Crippen LogP contribution < -0.4 is 4.74 Å². The number of aliphatic hydroxyl groups is 1. The maximum absolute atomic E-state index is 12.3. The maximum Gasteiger partial charge on any atom is 0.190 e. The molecular weight excluding hydrogens is 346 g/mol. The molecule has 0 spiro atoms. The maximum atomic E-state index is 12.3. The van der Waals surface area contributed by atoms with Crippen LogP contribution in [0.15, 0.2) is 54.7 Å². The summed E-state index contributed by atoms with van der Waals surface area (Å²) in [5, 5.41) is 30.2. The van der Waals surface area contributed by atoms with E-state index in [0.29, 0.717) is 31.7 Å². The van der Waals surface area contributed by atoms with E-state index in [2.05, 4.69) is 0 Å². The third-order valence-corrected chi connectivity index (χ3v) is 4.94. The van der Waals surface area contributed by atoms with Crippen LogP contribution in [0.5, 0.6) is 17.2 Å². The summed E-state index contributed by atoms with van der Waals surface area (Å²) >= 11 is 0. The number of aromatic hydroxyl groups is 2. The second-order valence-corrected chi connectivity index (χ2v) is 6.68. The molecule has 2 aromatic carbocycles. The molecule has 0 radical (unpaired) electrons. The van der Waals surface area contributed by atoms with Crippen molar-refractivity contribution in [3.63, 3.8) is 0 Å². The summed E-state index contributed by atoms with van der Waals surface area (Å²) < 4.78 is 5.01. The fraction of sp³-hybridized carbons (Fsp3) is 0.286. The van der Waals surface area contributed by atoms with E-state index in [4.69, 9.17) is 4.74 Å². The van der Waals surface area contributed by atoms with Gasteiger partial charge in [-0.1, -0.05) is 12.1 Å². The summed E-state index contributed by atoms with van der Waals surface area (Å²) in [7, 11) is 1.49. The van der Waals surface area contributed by atoms with Crippen molar-refractivity contribution in [3.05, 3.63) is 65.9 Å². The Kier molecular flexibility index (Phi) is 5.37. The third-order valence-electron chi connectivity index (χ3n) is 4.94. The lowest BCUT2D eigenvalue weighted by atomic mass is 9.84. The zero-order chi connectivity index (χ0) is 19.4. The number of hydrogen-bond acceptors (Lipinski definition) is 6. The number of phenolic OH excluding ortho intramolecular Hbond substituents is 2. The Hall–Kier alpha value is -2.99. The molecule has 6 heteroatoms. The van der Waals surface area contributed by atoms with Crippen LogP contribution in [0, 0.1) is 0 Å². The summed E-state index contributed by atoms with van der Waals surface area (Å²) in [6.45, 7) is 1.19. The molecule has 1 saturated heterocycles. The number of phenols is 2. The number of allylic oxidation sites excluding steroid dienone is 1. The van der Waals surface area contributed by atoms with Gasteiger partial charge in [-0.25, -0.2) is 0 Å². The van der Waals surface area contributed by atoms with Gasteiger partial charge in [0.05, 0.1) is 18.3 Å². The molecule has 0 saturated carbocycles. The Bertz CT molecular complexity index is 836. The van der Waals surface area contributed by atoms with Crippen molar-refractivity contribution in [2.45, 2.75) is 18.4 Å². The van der Waals surface area contributed by atoms with Crippen LogP contribution in [0.1, 0.15) is 28.8 Å². The molecule has 0 atom stereocenters. The molecule has 1 fully saturated rings. The summed E-state index contributed by atoms with van der Waals surface area (Å²) in [6.07, 6.45) is 4.16. The van der Waals surface area contributed by atoms with Gasteiger partial charge in [0.1, 0.15) is 17.2 Å². The van der Waals surface area contributed by atoms with Gasteiger partial charge in [0.15, 0.2) is 5.78 Å². The Labute approximate surface area is 157 Å². The number of ether oxygens (including phenoxy) is 1. The number of rotatable bonds is 5. The highest BCUT2D eigenvalue weighted by molar-refractivity contribution is 6.06. The Balaban J connectivity index is 1.61. The number of carbonyl (C=O) groups excluding carboxylic acids is 1. The topological polar surface area (TPSA) is 90.2 Å². The number of ketones is 1. The van der Waals surface area contributed by atoms with Gasteiger partial charge in [0, 0.05) is 31.4 Å². The highest BCUT2D eigenvalue weighted by Gasteiger charge is 2.33. The first-order valence-electron chi connectivity index (χ1n) is 8.77. The first-order valence-corrected chi connectivity index (χ1v) is 8.77. The van der Waals surface area contributed by atoms with Crippen LogP contribution >= 0.6 is 0 Å². The van der Waals surface area contributed by atoms with Crippen molar-refractivity contribution >= 4 is 5.78 Å². The molecule has 0 bridgehead atoms. The minimum Gasteiger partial charge on any atom is -0.508 e. The number of benzene rings is 2. The van der Waals surface area contributed by atoms with Crippen LogP contribution in [0.2, 0.25) is 0 Å². The Morgan fingerprint density at radius 3 is 2.37 bits per heavy atom. The Morgan fingerprint density at radius 1 is 1.11 bits per heavy atom. The monoisotopic (exact) mass is 369 g/mol. The van der Waals surface area contributed by atoms with Crippen molar-refractivity contribution in [3.8, 4) is 17.2 Å². The standard InChI is InChI=1S/C21H23NO5/c1-27-17-6-7-18(20(25)14-17)19(24)8-11-22-12-9-21(26,10-13-22)15-2-4-16(23)5-3-15/h2-8,11,14,23,25-26H,9-10,12-13H2,1H3/b11-8+. The van der Waals surface area contributed by atoms with Crippen LogP contribution in [-0.4, -0.2) is 46.2 Å². The molecule has 0 aliphatic carbocycles. The van der Waals surface area contributed by atoms with E-state index in [1.807, 2.05) is 4.90 Å². The van der Waals surface area contributed by atoms with E-state index in [-0.39, 0.29) is 22.8 Å². The summed E-state index contributed by atoms with van der Waals surface area (Å²) in [6, 6.07) is 11.2. The minimum atomic E-state index is -0.934. The number of carbonyl (C=O) groups is 1. The molecule has 142 valence electrons. The number of piperidine rings is 1. The molecule has 3 N–H and O–H groups in total. The lowest BCUT2D eigenvalue weighted by molar-refractivity contribution is -0.0161. The van der Waals surface area contributed by atoms with E-state index in [0.717, 1.165) is 5.56 Å². The van der Waals surface area contributed by atoms with Gasteiger partial charge >= 0.3 is 0 Å². The van der Waals surface area contributed by atoms with Gasteiger partial charge in [-0.3, -0.25) is 4.79 Å². The van der Waals surface area contributed by atoms with E-state index < -0.39 is 5.60 Å². The number of likely N-dealkylation sites (tertiary alicyclic amines) is 1. The fourth-order valence-electron chi connectivity index (χ4n) is 3.21. The summed E-state index contributed by atoms with van der Waals surface area (Å²) in [5.74, 6) is 0.236. The lowest BCUT2D eigenvalue weighted by Gasteiger charge is -2.38. The van der Waals surface area contributed by atoms with Crippen molar-refractivity contribution in [2.24, 2.45) is 0 Å². The number of hydrogen-bond donors (Lipinski definition) is 3. The third kappa shape index (κ3) is 4.23. The van der Waals surface area contributed by atoms with Crippen molar-refractivity contribution in [1.82, 2.24) is 4.90 Å². The first kappa shape index (κ1) is 18.8. The molecule has 1 heterocycles. The van der Waals surface area contributed by atoms with Crippen LogP contribution in [0.4, 0.5) is 0 Å². The smallest absolute Gasteiger partial charge is 0.190 e. The van der Waals surface area contributed by atoms with E-state index >= 15 is 0 Å². The largest absolute Gasteiger partial charge is 0.508 e. The van der Waals surface area contributed by atoms with Gasteiger partial charge in [-0.15, -0.1) is 0 Å². The van der Waals surface area contributed by atoms with Crippen LogP contribution in [-0.2, 0) is 5.60 Å². The second kappa shape index (κ2) is 7.72. The minimum absolute atomic E-state index is 0.121. The summed E-state index contributed by atoms with van der Waals surface area (Å²) in [4.78, 5) is 14.3. The molecule has 2 aromatic rings. The normalized spacial score (nSPS) is 16.4. The predicted octanol–water partition coefficient (Wildman–Crippen LogP) is 2.79. The fourth-order valence-corrected chi connectivity index (χ4v) is 3.21.